The van der Waals surface area contributed by atoms with Gasteiger partial charge in [0.15, 0.2) is 0 Å². The molecule has 6 fully saturated rings. The number of piperidine rings is 1. The summed E-state index contributed by atoms with van der Waals surface area (Å²) in [6.45, 7) is 4.30. The summed E-state index contributed by atoms with van der Waals surface area (Å²) in [7, 11) is 6.61. The van der Waals surface area contributed by atoms with Gasteiger partial charge in [-0.1, -0.05) is 6.92 Å². The van der Waals surface area contributed by atoms with E-state index in [9.17, 15) is 20.4 Å². The second-order valence-electron chi connectivity index (χ2n) is 12.0. The Morgan fingerprint density at radius 1 is 0.971 bits per heavy atom. The maximum Gasteiger partial charge on any atom is 0.120 e. The molecule has 0 aromatic heterocycles. The van der Waals surface area contributed by atoms with E-state index in [1.807, 2.05) is 0 Å². The Morgan fingerprint density at radius 3 is 2.29 bits per heavy atom. The normalized spacial score (nSPS) is 61.7. The average molecular weight is 484 g/mol. The van der Waals surface area contributed by atoms with E-state index in [1.54, 1.807) is 21.3 Å². The molecular formula is C25H41NO8. The maximum atomic E-state index is 12.6. The van der Waals surface area contributed by atoms with Crippen LogP contribution in [0, 0.1) is 34.5 Å². The van der Waals surface area contributed by atoms with E-state index in [2.05, 4.69) is 11.8 Å². The van der Waals surface area contributed by atoms with Gasteiger partial charge in [0.05, 0.1) is 24.9 Å². The number of ether oxygens (including phenoxy) is 4. The first kappa shape index (κ1) is 24.0. The van der Waals surface area contributed by atoms with Gasteiger partial charge in [-0.3, -0.25) is 4.90 Å². The van der Waals surface area contributed by atoms with Gasteiger partial charge in [0, 0.05) is 69.6 Å². The zero-order valence-electron chi connectivity index (χ0n) is 20.9. The van der Waals surface area contributed by atoms with Crippen LogP contribution in [0.1, 0.15) is 26.2 Å². The third-order valence-corrected chi connectivity index (χ3v) is 11.6. The molecule has 6 rings (SSSR count). The van der Waals surface area contributed by atoms with E-state index in [-0.39, 0.29) is 41.9 Å². The predicted octanol–water partition coefficient (Wildman–Crippen LogP) is -0.758. The smallest absolute Gasteiger partial charge is 0.120 e. The number of methoxy groups -OCH3 is 4. The largest absolute Gasteiger partial charge is 0.390 e. The molecule has 1 unspecified atom stereocenters. The van der Waals surface area contributed by atoms with Crippen LogP contribution in [0.4, 0.5) is 0 Å². The number of aliphatic hydroxyl groups is 4. The number of hydrogen-bond donors (Lipinski definition) is 4. The van der Waals surface area contributed by atoms with Gasteiger partial charge in [0.1, 0.15) is 23.4 Å². The molecule has 1 spiro atoms. The molecule has 0 radical (unpaired) electrons. The Kier molecular flexibility index (Phi) is 5.19. The van der Waals surface area contributed by atoms with Crippen molar-refractivity contribution in [2.45, 2.75) is 73.9 Å². The van der Waals surface area contributed by atoms with Gasteiger partial charge < -0.3 is 39.4 Å². The van der Waals surface area contributed by atoms with Crippen molar-refractivity contribution in [2.24, 2.45) is 34.5 Å². The molecule has 6 aliphatic rings. The molecule has 14 atom stereocenters. The molecule has 4 N–H and O–H groups in total. The fourth-order valence-electron chi connectivity index (χ4n) is 11.0. The Hall–Kier alpha value is -0.360. The molecular weight excluding hydrogens is 442 g/mol. The summed E-state index contributed by atoms with van der Waals surface area (Å²) in [5.74, 6) is -1.43. The summed E-state index contributed by atoms with van der Waals surface area (Å²) < 4.78 is 24.0. The number of rotatable bonds is 6. The third-order valence-electron chi connectivity index (χ3n) is 11.6. The molecule has 1 heterocycles. The molecule has 194 valence electrons. The summed E-state index contributed by atoms with van der Waals surface area (Å²) in [5, 5.41) is 47.6. The third kappa shape index (κ3) is 2.22. The zero-order valence-corrected chi connectivity index (χ0v) is 20.9. The van der Waals surface area contributed by atoms with E-state index in [4.69, 9.17) is 18.9 Å². The standard InChI is InChI=1S/C25H41NO8/c1-6-26-10-22(11-31-2)8-7-13(32-3)24-12-9-23(29)19(27)14(12)25(30,20(28)21(23)34-5)15(18(24)26)16(33-4)17(22)24/h12-21,27-30H,6-11H2,1-5H3/t12-,13?,14-,15+,16+,17-,18-,19-,20+,21+,22+,23+,24+,25-/m1/s1. The summed E-state index contributed by atoms with van der Waals surface area (Å²) >= 11 is 0. The van der Waals surface area contributed by atoms with E-state index >= 15 is 0 Å². The van der Waals surface area contributed by atoms with Crippen molar-refractivity contribution in [3.8, 4) is 0 Å². The molecule has 1 saturated heterocycles. The highest BCUT2D eigenvalue weighted by molar-refractivity contribution is 5.39. The maximum absolute atomic E-state index is 12.6. The fourth-order valence-corrected chi connectivity index (χ4v) is 11.0. The summed E-state index contributed by atoms with van der Waals surface area (Å²) in [6, 6.07) is -0.117. The second-order valence-corrected chi connectivity index (χ2v) is 12.0. The van der Waals surface area contributed by atoms with Gasteiger partial charge in [-0.05, 0) is 31.7 Å². The molecule has 0 amide bonds. The molecule has 5 saturated carbocycles. The summed E-state index contributed by atoms with van der Waals surface area (Å²) in [5.41, 5.74) is -3.98. The lowest BCUT2D eigenvalue weighted by Crippen LogP contribution is -2.79. The van der Waals surface area contributed by atoms with Crippen molar-refractivity contribution in [1.29, 1.82) is 0 Å². The van der Waals surface area contributed by atoms with Crippen LogP contribution in [-0.4, -0.2) is 121 Å². The van der Waals surface area contributed by atoms with Crippen LogP contribution in [0.25, 0.3) is 0 Å². The van der Waals surface area contributed by atoms with Gasteiger partial charge in [-0.2, -0.15) is 0 Å². The van der Waals surface area contributed by atoms with Crippen LogP contribution in [-0.2, 0) is 18.9 Å². The van der Waals surface area contributed by atoms with Crippen LogP contribution in [0.2, 0.25) is 0 Å². The number of hydrogen-bond acceptors (Lipinski definition) is 9. The Labute approximate surface area is 201 Å². The van der Waals surface area contributed by atoms with Crippen molar-refractivity contribution in [3.05, 3.63) is 0 Å². The Balaban J connectivity index is 1.67. The first-order chi connectivity index (χ1) is 16.2. The lowest BCUT2D eigenvalue weighted by atomic mass is 9.43. The van der Waals surface area contributed by atoms with E-state index in [0.29, 0.717) is 6.61 Å². The monoisotopic (exact) mass is 483 g/mol. The SMILES string of the molecule is CCN1C[C@]2(COC)CCC(OC)[C@@]34[C@@H]5C[C@]6(O)[C@H](O)[C@@H]5[C@@](O)([C@@H]([C@H](OC)[C@H]23)[C@@H]14)[C@@H](O)[C@@H]6OC. The Bertz CT molecular complexity index is 846. The lowest BCUT2D eigenvalue weighted by molar-refractivity contribution is -0.315. The second kappa shape index (κ2) is 7.36. The first-order valence-electron chi connectivity index (χ1n) is 12.8. The van der Waals surface area contributed by atoms with Crippen molar-refractivity contribution in [1.82, 2.24) is 4.90 Å². The molecule has 34 heavy (non-hydrogen) atoms. The van der Waals surface area contributed by atoms with Gasteiger partial charge in [0.2, 0.25) is 0 Å². The zero-order chi connectivity index (χ0) is 24.4. The average Bonchev–Trinajstić information content (AvgIpc) is 3.18. The van der Waals surface area contributed by atoms with E-state index in [1.165, 1.54) is 7.11 Å². The van der Waals surface area contributed by atoms with Crippen molar-refractivity contribution < 1.29 is 39.4 Å². The van der Waals surface area contributed by atoms with Crippen LogP contribution in [0.5, 0.6) is 0 Å². The van der Waals surface area contributed by atoms with Gasteiger partial charge in [0.25, 0.3) is 0 Å². The molecule has 5 aliphatic carbocycles. The van der Waals surface area contributed by atoms with E-state index in [0.717, 1.165) is 25.9 Å². The van der Waals surface area contributed by atoms with Crippen LogP contribution >= 0.6 is 0 Å². The minimum atomic E-state index is -1.67. The Morgan fingerprint density at radius 2 is 1.71 bits per heavy atom. The van der Waals surface area contributed by atoms with Gasteiger partial charge >= 0.3 is 0 Å². The highest BCUT2D eigenvalue weighted by Gasteiger charge is 2.89. The van der Waals surface area contributed by atoms with E-state index < -0.39 is 46.8 Å². The van der Waals surface area contributed by atoms with Crippen LogP contribution in [0.15, 0.2) is 0 Å². The van der Waals surface area contributed by atoms with Crippen molar-refractivity contribution >= 4 is 0 Å². The minimum absolute atomic E-state index is 0.00354. The van der Waals surface area contributed by atoms with Crippen LogP contribution < -0.4 is 0 Å². The number of likely N-dealkylation sites (tertiary alicyclic amines) is 1. The lowest BCUT2D eigenvalue weighted by Gasteiger charge is -2.69. The molecule has 1 aliphatic heterocycles. The highest BCUT2D eigenvalue weighted by atomic mass is 16.5. The predicted molar refractivity (Wildman–Crippen MR) is 120 cm³/mol. The first-order valence-corrected chi connectivity index (χ1v) is 12.8. The van der Waals surface area contributed by atoms with Gasteiger partial charge in [-0.15, -0.1) is 0 Å². The summed E-state index contributed by atoms with van der Waals surface area (Å²) in [4.78, 5) is 2.44. The molecule has 0 aromatic carbocycles. The number of fused-ring (bicyclic) bond motifs is 2. The fraction of sp³-hybridized carbons (Fsp3) is 1.00. The van der Waals surface area contributed by atoms with Gasteiger partial charge in [-0.25, -0.2) is 0 Å². The topological polar surface area (TPSA) is 121 Å². The molecule has 9 heteroatoms. The number of aliphatic hydroxyl groups excluding tert-OH is 2. The van der Waals surface area contributed by atoms with Crippen LogP contribution in [0.3, 0.4) is 0 Å². The summed E-state index contributed by atoms with van der Waals surface area (Å²) in [6.07, 6.45) is -2.12. The molecule has 0 aromatic rings. The molecule has 7 bridgehead atoms. The highest BCUT2D eigenvalue weighted by Crippen LogP contribution is 2.79. The minimum Gasteiger partial charge on any atom is -0.390 e. The van der Waals surface area contributed by atoms with Crippen molar-refractivity contribution in [2.75, 3.05) is 48.1 Å². The van der Waals surface area contributed by atoms with Crippen molar-refractivity contribution in [3.63, 3.8) is 0 Å². The number of nitrogens with zero attached hydrogens (tertiary/aromatic N) is 1. The molecule has 9 nitrogen and oxygen atoms in total. The quantitative estimate of drug-likeness (QED) is 0.386.